The first-order valence-electron chi connectivity index (χ1n) is 2.77. The Bertz CT molecular complexity index is 78.6. The Hall–Kier alpha value is -0.0100. The third-order valence-electron chi connectivity index (χ3n) is 0.840. The van der Waals surface area contributed by atoms with Gasteiger partial charge < -0.3 is 5.32 Å². The van der Waals surface area contributed by atoms with E-state index in [1.54, 1.807) is 5.54 Å². The molecular formula is C6H12ClN. The summed E-state index contributed by atoms with van der Waals surface area (Å²) in [5.74, 6) is 0. The monoisotopic (exact) mass is 133 g/mol. The van der Waals surface area contributed by atoms with Crippen molar-refractivity contribution in [1.29, 1.82) is 0 Å². The van der Waals surface area contributed by atoms with Gasteiger partial charge in [-0.25, -0.2) is 0 Å². The zero-order valence-electron chi connectivity index (χ0n) is 5.37. The minimum Gasteiger partial charge on any atom is -0.313 e. The fourth-order valence-electron chi connectivity index (χ4n) is 0.361. The Kier molecular flexibility index (Phi) is 5.13. The average molecular weight is 134 g/mol. The van der Waals surface area contributed by atoms with Crippen LogP contribution < -0.4 is 5.32 Å². The Balaban J connectivity index is 3.12. The maximum atomic E-state index is 5.39. The number of likely N-dealkylation sites (N-methyl/N-ethyl adjacent to an activating group) is 1. The summed E-state index contributed by atoms with van der Waals surface area (Å²) in [7, 11) is 0. The molecule has 0 aromatic heterocycles. The van der Waals surface area contributed by atoms with Crippen molar-refractivity contribution in [1.82, 2.24) is 5.32 Å². The highest BCUT2D eigenvalue weighted by atomic mass is 35.5. The number of hydrogen-bond donors (Lipinski definition) is 1. The molecule has 0 aliphatic rings. The fraction of sp³-hybridized carbons (Fsp3) is 0.667. The lowest BCUT2D eigenvalue weighted by Crippen LogP contribution is -2.14. The van der Waals surface area contributed by atoms with Crippen LogP contribution in [0.25, 0.3) is 0 Å². The first-order chi connectivity index (χ1) is 3.81. The van der Waals surface area contributed by atoms with E-state index in [1.807, 2.05) is 6.92 Å². The van der Waals surface area contributed by atoms with E-state index in [9.17, 15) is 0 Å². The van der Waals surface area contributed by atoms with Crippen LogP contribution in [-0.4, -0.2) is 13.1 Å². The van der Waals surface area contributed by atoms with Gasteiger partial charge in [0.05, 0.1) is 0 Å². The Morgan fingerprint density at radius 1 is 1.75 bits per heavy atom. The second-order valence-electron chi connectivity index (χ2n) is 1.74. The van der Waals surface area contributed by atoms with Crippen molar-refractivity contribution in [3.63, 3.8) is 0 Å². The molecule has 0 radical (unpaired) electrons. The van der Waals surface area contributed by atoms with E-state index in [2.05, 4.69) is 12.2 Å². The molecule has 2 heteroatoms. The molecule has 0 aromatic carbocycles. The zero-order valence-corrected chi connectivity index (χ0v) is 6.13. The van der Waals surface area contributed by atoms with Crippen molar-refractivity contribution >= 4 is 11.6 Å². The van der Waals surface area contributed by atoms with Gasteiger partial charge in [0.2, 0.25) is 0 Å². The number of nitrogens with one attached hydrogen (secondary N) is 1. The lowest BCUT2D eigenvalue weighted by molar-refractivity contribution is 0.777. The van der Waals surface area contributed by atoms with Crippen LogP contribution in [0.15, 0.2) is 11.1 Å². The molecule has 0 saturated carbocycles. The molecule has 8 heavy (non-hydrogen) atoms. The smallest absolute Gasteiger partial charge is 0.0173 e. The highest BCUT2D eigenvalue weighted by molar-refractivity contribution is 6.25. The van der Waals surface area contributed by atoms with E-state index < -0.39 is 0 Å². The summed E-state index contributed by atoms with van der Waals surface area (Å²) in [6.45, 7) is 5.97. The van der Waals surface area contributed by atoms with Crippen LogP contribution in [-0.2, 0) is 0 Å². The largest absolute Gasteiger partial charge is 0.313 e. The predicted octanol–water partition coefficient (Wildman–Crippen LogP) is 1.74. The van der Waals surface area contributed by atoms with Gasteiger partial charge in [0.1, 0.15) is 0 Å². The molecule has 48 valence electrons. The quantitative estimate of drug-likeness (QED) is 0.619. The van der Waals surface area contributed by atoms with Gasteiger partial charge in [-0.2, -0.15) is 0 Å². The average Bonchev–Trinajstić information content (AvgIpc) is 1.83. The minimum atomic E-state index is 0.903. The molecule has 0 amide bonds. The second kappa shape index (κ2) is 5.13. The van der Waals surface area contributed by atoms with Crippen LogP contribution >= 0.6 is 11.6 Å². The van der Waals surface area contributed by atoms with Crippen LogP contribution in [0.3, 0.4) is 0 Å². The Labute approximate surface area is 55.7 Å². The van der Waals surface area contributed by atoms with Gasteiger partial charge in [-0.3, -0.25) is 0 Å². The molecule has 0 spiro atoms. The zero-order chi connectivity index (χ0) is 6.41. The molecule has 0 rings (SSSR count). The molecule has 1 nitrogen and oxygen atoms in total. The molecule has 0 heterocycles. The van der Waals surface area contributed by atoms with Crippen molar-refractivity contribution < 1.29 is 0 Å². The number of halogens is 1. The molecule has 0 bridgehead atoms. The minimum absolute atomic E-state index is 0.903. The van der Waals surface area contributed by atoms with Crippen molar-refractivity contribution in [3.05, 3.63) is 11.1 Å². The molecule has 0 aliphatic heterocycles. The molecule has 0 aromatic rings. The highest BCUT2D eigenvalue weighted by Crippen LogP contribution is 1.90. The third-order valence-corrected chi connectivity index (χ3v) is 1.21. The summed E-state index contributed by atoms with van der Waals surface area (Å²) in [4.78, 5) is 0. The first-order valence-corrected chi connectivity index (χ1v) is 3.21. The van der Waals surface area contributed by atoms with Crippen molar-refractivity contribution in [2.24, 2.45) is 0 Å². The van der Waals surface area contributed by atoms with Crippen molar-refractivity contribution in [2.75, 3.05) is 13.1 Å². The van der Waals surface area contributed by atoms with Crippen LogP contribution in [0.4, 0.5) is 0 Å². The lowest BCUT2D eigenvalue weighted by atomic mass is 10.3. The normalized spacial score (nSPS) is 12.1. The van der Waals surface area contributed by atoms with Gasteiger partial charge in [-0.05, 0) is 19.0 Å². The number of hydrogen-bond acceptors (Lipinski definition) is 1. The molecule has 0 atom stereocenters. The first kappa shape index (κ1) is 7.99. The van der Waals surface area contributed by atoms with Gasteiger partial charge in [0.15, 0.2) is 0 Å². The summed E-state index contributed by atoms with van der Waals surface area (Å²) in [6.07, 6.45) is 0. The SMILES string of the molecule is CCNC/C(C)=C\Cl. The van der Waals surface area contributed by atoms with Crippen molar-refractivity contribution in [3.8, 4) is 0 Å². The molecule has 0 aliphatic carbocycles. The maximum absolute atomic E-state index is 5.39. The summed E-state index contributed by atoms with van der Waals surface area (Å²) >= 11 is 5.39. The second-order valence-corrected chi connectivity index (χ2v) is 1.95. The molecule has 1 N–H and O–H groups in total. The topological polar surface area (TPSA) is 12.0 Å². The van der Waals surface area contributed by atoms with E-state index in [0.717, 1.165) is 13.1 Å². The van der Waals surface area contributed by atoms with E-state index in [1.165, 1.54) is 5.57 Å². The number of rotatable bonds is 3. The third kappa shape index (κ3) is 4.16. The Morgan fingerprint density at radius 2 is 2.38 bits per heavy atom. The van der Waals surface area contributed by atoms with Crippen LogP contribution in [0.1, 0.15) is 13.8 Å². The van der Waals surface area contributed by atoms with Crippen molar-refractivity contribution in [2.45, 2.75) is 13.8 Å². The van der Waals surface area contributed by atoms with Crippen LogP contribution in [0, 0.1) is 0 Å². The molecular weight excluding hydrogens is 122 g/mol. The standard InChI is InChI=1S/C6H12ClN/c1-3-8-5-6(2)4-7/h4,8H,3,5H2,1-2H3/b6-4-. The van der Waals surface area contributed by atoms with Gasteiger partial charge in [-0.15, -0.1) is 0 Å². The maximum Gasteiger partial charge on any atom is 0.0173 e. The van der Waals surface area contributed by atoms with Gasteiger partial charge >= 0.3 is 0 Å². The Morgan fingerprint density at radius 3 is 2.75 bits per heavy atom. The fourth-order valence-corrected chi connectivity index (χ4v) is 0.438. The summed E-state index contributed by atoms with van der Waals surface area (Å²) in [5, 5.41) is 3.15. The molecule has 0 fully saturated rings. The summed E-state index contributed by atoms with van der Waals surface area (Å²) < 4.78 is 0. The van der Waals surface area contributed by atoms with Gasteiger partial charge in [0.25, 0.3) is 0 Å². The van der Waals surface area contributed by atoms with Crippen LogP contribution in [0.2, 0.25) is 0 Å². The van der Waals surface area contributed by atoms with E-state index in [0.29, 0.717) is 0 Å². The molecule has 0 saturated heterocycles. The van der Waals surface area contributed by atoms with Crippen LogP contribution in [0.5, 0.6) is 0 Å². The summed E-state index contributed by atoms with van der Waals surface area (Å²) in [5.41, 5.74) is 2.77. The van der Waals surface area contributed by atoms with E-state index >= 15 is 0 Å². The highest BCUT2D eigenvalue weighted by Gasteiger charge is 1.82. The lowest BCUT2D eigenvalue weighted by Gasteiger charge is -1.97. The van der Waals surface area contributed by atoms with Gasteiger partial charge in [-0.1, -0.05) is 18.5 Å². The molecule has 0 unspecified atom stereocenters. The summed E-state index contributed by atoms with van der Waals surface area (Å²) in [6, 6.07) is 0. The predicted molar refractivity (Wildman–Crippen MR) is 38.2 cm³/mol. The van der Waals surface area contributed by atoms with Gasteiger partial charge in [0, 0.05) is 12.1 Å². The van der Waals surface area contributed by atoms with E-state index in [-0.39, 0.29) is 0 Å². The van der Waals surface area contributed by atoms with E-state index in [4.69, 9.17) is 11.6 Å².